The zero-order chi connectivity index (χ0) is 12.7. The van der Waals surface area contributed by atoms with E-state index in [1.165, 1.54) is 15.7 Å². The Balaban J connectivity index is 0.000000405. The Kier molecular flexibility index (Phi) is 9.17. The van der Waals surface area contributed by atoms with Crippen LogP contribution in [0.4, 0.5) is 5.69 Å². The fourth-order valence-corrected chi connectivity index (χ4v) is 2.20. The van der Waals surface area contributed by atoms with Crippen molar-refractivity contribution in [2.75, 3.05) is 18.0 Å². The molecule has 0 heterocycles. The molecule has 2 aromatic carbocycles. The molecule has 0 aliphatic carbocycles. The summed E-state index contributed by atoms with van der Waals surface area (Å²) in [6.07, 6.45) is 0. The predicted molar refractivity (Wildman–Crippen MR) is 80.1 cm³/mol. The van der Waals surface area contributed by atoms with Gasteiger partial charge in [0.15, 0.2) is 0 Å². The van der Waals surface area contributed by atoms with Crippen molar-refractivity contribution in [3.8, 4) is 0 Å². The molecule has 0 N–H and O–H groups in total. The Bertz CT molecular complexity index is 385. The molecule has 0 aliphatic heterocycles. The Hall–Kier alpha value is -0.501. The van der Waals surface area contributed by atoms with Crippen LogP contribution >= 0.6 is 15.9 Å². The first kappa shape index (κ1) is 17.5. The normalized spacial score (nSPS) is 9.11. The van der Waals surface area contributed by atoms with Crippen LogP contribution in [0.2, 0.25) is 0 Å². The Morgan fingerprint density at radius 2 is 1.56 bits per heavy atom. The molecule has 0 fully saturated rings. The van der Waals surface area contributed by atoms with E-state index in [1.807, 2.05) is 30.3 Å². The van der Waals surface area contributed by atoms with Gasteiger partial charge in [0.25, 0.3) is 0 Å². The van der Waals surface area contributed by atoms with E-state index >= 15 is 0 Å². The number of hydrogen-bond donors (Lipinski definition) is 0. The van der Waals surface area contributed by atoms with Crippen LogP contribution in [0.15, 0.2) is 46.9 Å². The molecule has 18 heavy (non-hydrogen) atoms. The van der Waals surface area contributed by atoms with Crippen molar-refractivity contribution in [3.63, 3.8) is 0 Å². The molecule has 0 amide bonds. The summed E-state index contributed by atoms with van der Waals surface area (Å²) < 4.78 is 1.24. The summed E-state index contributed by atoms with van der Waals surface area (Å²) in [5, 5.41) is 0. The molecule has 0 atom stereocenters. The Labute approximate surface area is 130 Å². The van der Waals surface area contributed by atoms with Crippen molar-refractivity contribution in [2.45, 2.75) is 20.8 Å². The number of rotatable bonds is 3. The molecule has 0 radical (unpaired) electrons. The van der Waals surface area contributed by atoms with E-state index in [9.17, 15) is 0 Å². The van der Waals surface area contributed by atoms with Gasteiger partial charge in [-0.25, -0.2) is 6.07 Å². The van der Waals surface area contributed by atoms with Crippen molar-refractivity contribution in [1.29, 1.82) is 0 Å². The minimum Gasteiger partial charge on any atom is -0.748 e. The van der Waals surface area contributed by atoms with Crippen LogP contribution in [0.1, 0.15) is 19.4 Å². The summed E-state index contributed by atoms with van der Waals surface area (Å²) in [7, 11) is 0. The first-order valence-corrected chi connectivity index (χ1v) is 6.83. The van der Waals surface area contributed by atoms with Gasteiger partial charge in [0.1, 0.15) is 0 Å². The molecule has 106 valence electrons. The van der Waals surface area contributed by atoms with Crippen molar-refractivity contribution in [2.24, 2.45) is 0 Å². The topological polar surface area (TPSA) is 3.24 Å². The molecule has 3 heteroatoms. The molecule has 0 aliphatic rings. The maximum absolute atomic E-state index is 3.59. The van der Waals surface area contributed by atoms with Gasteiger partial charge < -0.3 is 35.2 Å². The first-order valence-electron chi connectivity index (χ1n) is 6.04. The van der Waals surface area contributed by atoms with Crippen molar-refractivity contribution in [3.05, 3.63) is 52.5 Å². The molecular weight excluding hydrogens is 330 g/mol. The molecule has 0 unspecified atom stereocenters. The SMILES string of the molecule is CCN(CC)[c-]1ccc(C)c1Br.[Fe].[cH-]1[cH-][cH-][cH-][cH-]1. The summed E-state index contributed by atoms with van der Waals surface area (Å²) in [5.41, 5.74) is 2.63. The van der Waals surface area contributed by atoms with Gasteiger partial charge in [-0.15, -0.1) is 0 Å². The number of hydrogen-bond acceptors (Lipinski definition) is 1. The van der Waals surface area contributed by atoms with Crippen LogP contribution in [0.3, 0.4) is 0 Å². The first-order chi connectivity index (χ1) is 8.20. The maximum atomic E-state index is 3.59. The summed E-state index contributed by atoms with van der Waals surface area (Å²) in [5.74, 6) is 0. The Morgan fingerprint density at radius 1 is 1.11 bits per heavy atom. The van der Waals surface area contributed by atoms with Gasteiger partial charge in [0, 0.05) is 30.2 Å². The van der Waals surface area contributed by atoms with Gasteiger partial charge in [-0.2, -0.15) is 11.6 Å². The van der Waals surface area contributed by atoms with E-state index < -0.39 is 0 Å². The van der Waals surface area contributed by atoms with E-state index in [1.54, 1.807) is 0 Å². The number of aryl methyl sites for hydroxylation is 1. The van der Waals surface area contributed by atoms with Gasteiger partial charge in [0.2, 0.25) is 0 Å². The molecule has 0 saturated carbocycles. The van der Waals surface area contributed by atoms with Gasteiger partial charge >= 0.3 is 0 Å². The second-order valence-electron chi connectivity index (χ2n) is 3.85. The average Bonchev–Trinajstić information content (AvgIpc) is 2.99. The molecular formula is C15H20BrFeN-6. The number of nitrogens with zero attached hydrogens (tertiary/aromatic N) is 1. The van der Waals surface area contributed by atoms with Crippen molar-refractivity contribution >= 4 is 21.6 Å². The number of halogens is 1. The van der Waals surface area contributed by atoms with E-state index in [0.717, 1.165) is 13.1 Å². The van der Waals surface area contributed by atoms with Crippen molar-refractivity contribution < 1.29 is 17.1 Å². The van der Waals surface area contributed by atoms with E-state index in [2.05, 4.69) is 53.7 Å². The van der Waals surface area contributed by atoms with E-state index in [-0.39, 0.29) is 17.1 Å². The van der Waals surface area contributed by atoms with Gasteiger partial charge in [-0.05, 0) is 13.8 Å². The molecule has 2 aromatic rings. The van der Waals surface area contributed by atoms with Crippen LogP contribution in [-0.4, -0.2) is 13.1 Å². The van der Waals surface area contributed by atoms with Crippen molar-refractivity contribution in [1.82, 2.24) is 0 Å². The smallest absolute Gasteiger partial charge is 0.00316 e. The minimum atomic E-state index is 0. The largest absolute Gasteiger partial charge is 0.748 e. The van der Waals surface area contributed by atoms with Crippen LogP contribution in [0.5, 0.6) is 0 Å². The predicted octanol–water partition coefficient (Wildman–Crippen LogP) is 4.73. The van der Waals surface area contributed by atoms with Crippen LogP contribution in [0, 0.1) is 6.92 Å². The zero-order valence-electron chi connectivity index (χ0n) is 11.1. The van der Waals surface area contributed by atoms with Crippen LogP contribution in [0.25, 0.3) is 0 Å². The minimum absolute atomic E-state index is 0. The average molecular weight is 350 g/mol. The van der Waals surface area contributed by atoms with Gasteiger partial charge in [-0.1, -0.05) is 33.0 Å². The fraction of sp³-hybridized carbons (Fsp3) is 0.333. The van der Waals surface area contributed by atoms with Gasteiger partial charge in [-0.3, -0.25) is 0 Å². The summed E-state index contributed by atoms with van der Waals surface area (Å²) in [4.78, 5) is 2.34. The summed E-state index contributed by atoms with van der Waals surface area (Å²) >= 11 is 3.59. The van der Waals surface area contributed by atoms with Crippen LogP contribution in [-0.2, 0) is 17.1 Å². The maximum Gasteiger partial charge on any atom is 0.00316 e. The summed E-state index contributed by atoms with van der Waals surface area (Å²) in [6, 6.07) is 14.3. The molecule has 0 bridgehead atoms. The molecule has 2 rings (SSSR count). The Morgan fingerprint density at radius 3 is 1.83 bits per heavy atom. The monoisotopic (exact) mass is 349 g/mol. The summed E-state index contributed by atoms with van der Waals surface area (Å²) in [6.45, 7) is 8.62. The third kappa shape index (κ3) is 5.01. The zero-order valence-corrected chi connectivity index (χ0v) is 13.8. The second-order valence-corrected chi connectivity index (χ2v) is 4.64. The molecule has 0 aromatic heterocycles. The second kappa shape index (κ2) is 9.43. The third-order valence-electron chi connectivity index (χ3n) is 2.72. The quantitative estimate of drug-likeness (QED) is 0.572. The van der Waals surface area contributed by atoms with E-state index in [0.29, 0.717) is 0 Å². The van der Waals surface area contributed by atoms with E-state index in [4.69, 9.17) is 0 Å². The van der Waals surface area contributed by atoms with Crippen LogP contribution < -0.4 is 4.90 Å². The fourth-order valence-electron chi connectivity index (χ4n) is 1.68. The molecule has 0 spiro atoms. The van der Waals surface area contributed by atoms with Gasteiger partial charge in [0.05, 0.1) is 0 Å². The molecule has 0 saturated heterocycles. The number of anilines is 1. The third-order valence-corrected chi connectivity index (χ3v) is 3.75. The standard InChI is InChI=1S/C10H15BrN.C5H5.Fe/c1-4-12(5-2)9-7-6-8(3)10(9)11;1-2-4-5-3-1;/h6-7H,4-5H2,1-3H3;1-5H;/q-1;-5;. The molecule has 1 nitrogen and oxygen atoms in total.